The van der Waals surface area contributed by atoms with E-state index < -0.39 is 23.7 Å². The van der Waals surface area contributed by atoms with Gasteiger partial charge in [-0.3, -0.25) is 0 Å². The molecule has 0 saturated heterocycles. The van der Waals surface area contributed by atoms with Crippen LogP contribution in [0.4, 0.5) is 4.79 Å². The minimum atomic E-state index is -0.911. The van der Waals surface area contributed by atoms with E-state index in [1.54, 1.807) is 32.9 Å². The maximum atomic E-state index is 12.2. The molecule has 0 fully saturated rings. The number of carbonyl (C=O) groups excluding carboxylic acids is 2. The van der Waals surface area contributed by atoms with Crippen LogP contribution in [0.3, 0.4) is 0 Å². The number of carbonyl (C=O) groups is 2. The monoisotopic (exact) mass is 389 g/mol. The first-order valence-corrected chi connectivity index (χ1v) is 9.29. The van der Waals surface area contributed by atoms with E-state index in [4.69, 9.17) is 13.9 Å². The molecule has 1 aromatic heterocycles. The number of amides is 1. The molecule has 0 spiro atoms. The van der Waals surface area contributed by atoms with Gasteiger partial charge in [0.2, 0.25) is 0 Å². The van der Waals surface area contributed by atoms with Crippen molar-refractivity contribution in [3.63, 3.8) is 0 Å². The molecule has 1 aromatic carbocycles. The smallest absolute Gasteiger partial charge is 0.408 e. The van der Waals surface area contributed by atoms with Gasteiger partial charge < -0.3 is 19.2 Å². The number of ether oxygens (including phenoxy) is 2. The third-order valence-corrected chi connectivity index (χ3v) is 4.06. The van der Waals surface area contributed by atoms with Gasteiger partial charge in [-0.1, -0.05) is 13.3 Å². The van der Waals surface area contributed by atoms with Crippen LogP contribution < -0.4 is 15.7 Å². The number of benzene rings is 1. The highest BCUT2D eigenvalue weighted by Crippen LogP contribution is 2.25. The molecule has 1 atom stereocenters. The molecule has 2 aromatic rings. The lowest BCUT2D eigenvalue weighted by Crippen LogP contribution is -2.43. The van der Waals surface area contributed by atoms with E-state index in [1.807, 2.05) is 13.8 Å². The number of nitrogens with one attached hydrogen (secondary N) is 1. The molecule has 0 bridgehead atoms. The van der Waals surface area contributed by atoms with Gasteiger partial charge in [-0.15, -0.1) is 0 Å². The van der Waals surface area contributed by atoms with Crippen LogP contribution in [-0.2, 0) is 16.0 Å². The molecule has 0 aliphatic rings. The lowest BCUT2D eigenvalue weighted by atomic mass is 10.0. The number of fused-ring (bicyclic) bond motifs is 1. The molecule has 0 unspecified atom stereocenters. The van der Waals surface area contributed by atoms with Gasteiger partial charge in [0, 0.05) is 17.0 Å². The van der Waals surface area contributed by atoms with Gasteiger partial charge in [-0.25, -0.2) is 14.4 Å². The predicted molar refractivity (Wildman–Crippen MR) is 106 cm³/mol. The third-order valence-electron chi connectivity index (χ3n) is 4.06. The molecule has 1 N–H and O–H groups in total. The van der Waals surface area contributed by atoms with Crippen molar-refractivity contribution in [3.05, 3.63) is 39.7 Å². The van der Waals surface area contributed by atoms with Gasteiger partial charge >= 0.3 is 17.7 Å². The zero-order valence-corrected chi connectivity index (χ0v) is 17.2. The predicted octanol–water partition coefficient (Wildman–Crippen LogP) is 3.87. The summed E-state index contributed by atoms with van der Waals surface area (Å²) in [5, 5.41) is 3.22. The Morgan fingerprint density at radius 2 is 1.93 bits per heavy atom. The molecule has 2 rings (SSSR count). The summed E-state index contributed by atoms with van der Waals surface area (Å²) in [6, 6.07) is 3.97. The largest absolute Gasteiger partial charge is 0.444 e. The standard InChI is InChI=1S/C21H27NO6/c1-7-8-16-12(2)15-10-9-14(11-17(15)27-19(16)24)26-18(23)13(3)22-20(25)28-21(4,5)6/h9-11,13H,7-8H2,1-6H3,(H,22,25)/t13-/m0/s1. The Morgan fingerprint density at radius 3 is 2.54 bits per heavy atom. The number of rotatable bonds is 5. The topological polar surface area (TPSA) is 94.8 Å². The third kappa shape index (κ3) is 5.34. The second kappa shape index (κ2) is 8.46. The quantitative estimate of drug-likeness (QED) is 0.474. The Bertz CT molecular complexity index is 938. The summed E-state index contributed by atoms with van der Waals surface area (Å²) in [5.41, 5.74) is 0.828. The molecule has 0 radical (unpaired) electrons. The summed E-state index contributed by atoms with van der Waals surface area (Å²) in [5.74, 6) is -0.437. The lowest BCUT2D eigenvalue weighted by molar-refractivity contribution is -0.136. The van der Waals surface area contributed by atoms with E-state index in [0.29, 0.717) is 17.6 Å². The Hall–Kier alpha value is -2.83. The second-order valence-corrected chi connectivity index (χ2v) is 7.69. The van der Waals surface area contributed by atoms with E-state index in [-0.39, 0.29) is 11.4 Å². The summed E-state index contributed by atoms with van der Waals surface area (Å²) < 4.78 is 15.8. The SMILES string of the molecule is CCCc1c(C)c2ccc(OC(=O)[C@H](C)NC(=O)OC(C)(C)C)cc2oc1=O. The molecule has 28 heavy (non-hydrogen) atoms. The van der Waals surface area contributed by atoms with Crippen LogP contribution in [0.2, 0.25) is 0 Å². The van der Waals surface area contributed by atoms with Gasteiger partial charge in [0.1, 0.15) is 23.0 Å². The lowest BCUT2D eigenvalue weighted by Gasteiger charge is -2.21. The van der Waals surface area contributed by atoms with Gasteiger partial charge in [-0.05, 0) is 58.7 Å². The highest BCUT2D eigenvalue weighted by atomic mass is 16.6. The van der Waals surface area contributed by atoms with Gasteiger partial charge in [0.15, 0.2) is 0 Å². The van der Waals surface area contributed by atoms with Crippen LogP contribution in [0.25, 0.3) is 11.0 Å². The Balaban J connectivity index is 2.15. The summed E-state index contributed by atoms with van der Waals surface area (Å²) in [6.07, 6.45) is 0.782. The van der Waals surface area contributed by atoms with Crippen molar-refractivity contribution >= 4 is 23.0 Å². The molecule has 7 nitrogen and oxygen atoms in total. The molecule has 0 aliphatic heterocycles. The minimum Gasteiger partial charge on any atom is -0.444 e. The van der Waals surface area contributed by atoms with Gasteiger partial charge in [0.05, 0.1) is 0 Å². The Labute approximate surface area is 164 Å². The van der Waals surface area contributed by atoms with Crippen molar-refractivity contribution < 1.29 is 23.5 Å². The fraction of sp³-hybridized carbons (Fsp3) is 0.476. The number of hydrogen-bond donors (Lipinski definition) is 1. The zero-order chi connectivity index (χ0) is 21.1. The zero-order valence-electron chi connectivity index (χ0n) is 17.2. The summed E-state index contributed by atoms with van der Waals surface area (Å²) in [4.78, 5) is 36.2. The van der Waals surface area contributed by atoms with Crippen molar-refractivity contribution in [3.8, 4) is 5.75 Å². The van der Waals surface area contributed by atoms with E-state index in [9.17, 15) is 14.4 Å². The number of aryl methyl sites for hydroxylation is 1. The van der Waals surface area contributed by atoms with E-state index in [2.05, 4.69) is 5.32 Å². The summed E-state index contributed by atoms with van der Waals surface area (Å²) in [7, 11) is 0. The molecular weight excluding hydrogens is 362 g/mol. The molecular formula is C21H27NO6. The highest BCUT2D eigenvalue weighted by molar-refractivity contribution is 5.85. The highest BCUT2D eigenvalue weighted by Gasteiger charge is 2.22. The maximum Gasteiger partial charge on any atom is 0.408 e. The average Bonchev–Trinajstić information content (AvgIpc) is 2.56. The summed E-state index contributed by atoms with van der Waals surface area (Å²) in [6.45, 7) is 10.6. The first kappa shape index (κ1) is 21.5. The van der Waals surface area contributed by atoms with Gasteiger partial charge in [0.25, 0.3) is 0 Å². The number of hydrogen-bond acceptors (Lipinski definition) is 6. The fourth-order valence-corrected chi connectivity index (χ4v) is 2.72. The number of esters is 1. The molecule has 1 amide bonds. The Morgan fingerprint density at radius 1 is 1.25 bits per heavy atom. The van der Waals surface area contributed by atoms with Crippen molar-refractivity contribution in [2.75, 3.05) is 0 Å². The first-order valence-electron chi connectivity index (χ1n) is 9.29. The number of alkyl carbamates (subject to hydrolysis) is 1. The second-order valence-electron chi connectivity index (χ2n) is 7.69. The molecule has 152 valence electrons. The molecule has 0 aliphatic carbocycles. The van der Waals surface area contributed by atoms with E-state index in [0.717, 1.165) is 17.4 Å². The van der Waals surface area contributed by atoms with Crippen molar-refractivity contribution in [2.24, 2.45) is 0 Å². The van der Waals surface area contributed by atoms with Crippen LogP contribution >= 0.6 is 0 Å². The first-order chi connectivity index (χ1) is 13.0. The van der Waals surface area contributed by atoms with Crippen LogP contribution in [0.15, 0.2) is 27.4 Å². The maximum absolute atomic E-state index is 12.2. The van der Waals surface area contributed by atoms with E-state index >= 15 is 0 Å². The minimum absolute atomic E-state index is 0.223. The van der Waals surface area contributed by atoms with Crippen molar-refractivity contribution in [1.82, 2.24) is 5.32 Å². The van der Waals surface area contributed by atoms with Crippen LogP contribution in [0.5, 0.6) is 5.75 Å². The Kier molecular flexibility index (Phi) is 6.48. The van der Waals surface area contributed by atoms with Crippen LogP contribution in [0, 0.1) is 6.92 Å². The van der Waals surface area contributed by atoms with E-state index in [1.165, 1.54) is 13.0 Å². The molecule has 0 saturated carbocycles. The average molecular weight is 389 g/mol. The van der Waals surface area contributed by atoms with Crippen molar-refractivity contribution in [2.45, 2.75) is 66.0 Å². The van der Waals surface area contributed by atoms with Crippen molar-refractivity contribution in [1.29, 1.82) is 0 Å². The summed E-state index contributed by atoms with van der Waals surface area (Å²) >= 11 is 0. The fourth-order valence-electron chi connectivity index (χ4n) is 2.72. The normalized spacial score (nSPS) is 12.5. The molecule has 7 heteroatoms. The molecule has 1 heterocycles. The van der Waals surface area contributed by atoms with Crippen LogP contribution in [-0.4, -0.2) is 23.7 Å². The van der Waals surface area contributed by atoms with Crippen LogP contribution in [0.1, 0.15) is 52.2 Å². The van der Waals surface area contributed by atoms with Gasteiger partial charge in [-0.2, -0.15) is 0 Å².